The van der Waals surface area contributed by atoms with Gasteiger partial charge in [0.15, 0.2) is 0 Å². The van der Waals surface area contributed by atoms with E-state index in [1.54, 1.807) is 44.7 Å². The molecule has 36 heavy (non-hydrogen) atoms. The molecule has 0 amide bonds. The third-order valence-corrected chi connectivity index (χ3v) is 6.66. The first-order valence-corrected chi connectivity index (χ1v) is 12.9. The Kier molecular flexibility index (Phi) is 9.69. The quantitative estimate of drug-likeness (QED) is 0.197. The number of nitrogens with one attached hydrogen (secondary N) is 1. The number of benzene rings is 2. The van der Waals surface area contributed by atoms with E-state index < -0.39 is 22.8 Å². The summed E-state index contributed by atoms with van der Waals surface area (Å²) in [7, 11) is 0. The van der Waals surface area contributed by atoms with Crippen molar-refractivity contribution >= 4 is 29.4 Å². The van der Waals surface area contributed by atoms with Crippen molar-refractivity contribution in [2.45, 2.75) is 33.1 Å². The van der Waals surface area contributed by atoms with Gasteiger partial charge in [-0.25, -0.2) is 9.59 Å². The van der Waals surface area contributed by atoms with Crippen molar-refractivity contribution in [3.05, 3.63) is 98.4 Å². The van der Waals surface area contributed by atoms with Gasteiger partial charge in [0.1, 0.15) is 0 Å². The van der Waals surface area contributed by atoms with Crippen LogP contribution in [0.4, 0.5) is 5.69 Å². The molecule has 8 nitrogen and oxygen atoms in total. The standard InChI is InChI=1S/C27H30N2O6S/c1-4-34-26(30)23-18(3)28-22(17-36-15-14-19-10-7-6-8-11-19)25(27(31)35-5-2)24(23)20-12-9-13-21(16-20)29(32)33/h6-13,16,24,28H,4-5,14-15,17H2,1-3H3. The van der Waals surface area contributed by atoms with Gasteiger partial charge < -0.3 is 14.8 Å². The van der Waals surface area contributed by atoms with E-state index in [0.29, 0.717) is 22.7 Å². The molecular weight excluding hydrogens is 480 g/mol. The van der Waals surface area contributed by atoms with E-state index >= 15 is 0 Å². The van der Waals surface area contributed by atoms with Gasteiger partial charge in [0.05, 0.1) is 35.2 Å². The van der Waals surface area contributed by atoms with Crippen LogP contribution in [0.25, 0.3) is 0 Å². The van der Waals surface area contributed by atoms with E-state index in [0.717, 1.165) is 12.2 Å². The molecule has 0 aromatic heterocycles. The summed E-state index contributed by atoms with van der Waals surface area (Å²) in [6.45, 7) is 5.45. The zero-order chi connectivity index (χ0) is 26.1. The van der Waals surface area contributed by atoms with Crippen LogP contribution < -0.4 is 5.32 Å². The molecule has 0 spiro atoms. The fraction of sp³-hybridized carbons (Fsp3) is 0.333. The summed E-state index contributed by atoms with van der Waals surface area (Å²) in [6.07, 6.45) is 0.866. The molecule has 0 bridgehead atoms. The first kappa shape index (κ1) is 27.0. The maximum Gasteiger partial charge on any atom is 0.336 e. The van der Waals surface area contributed by atoms with Crippen molar-refractivity contribution in [2.24, 2.45) is 0 Å². The van der Waals surface area contributed by atoms with Crippen LogP contribution in [-0.4, -0.2) is 41.6 Å². The Bertz CT molecular complexity index is 1180. The molecule has 9 heteroatoms. The van der Waals surface area contributed by atoms with Crippen LogP contribution in [0.15, 0.2) is 77.1 Å². The summed E-state index contributed by atoms with van der Waals surface area (Å²) >= 11 is 1.65. The molecule has 1 unspecified atom stereocenters. The largest absolute Gasteiger partial charge is 0.463 e. The van der Waals surface area contributed by atoms with Crippen LogP contribution in [0.2, 0.25) is 0 Å². The average molecular weight is 511 g/mol. The summed E-state index contributed by atoms with van der Waals surface area (Å²) in [5, 5.41) is 14.7. The van der Waals surface area contributed by atoms with Gasteiger partial charge >= 0.3 is 11.9 Å². The van der Waals surface area contributed by atoms with Crippen molar-refractivity contribution in [3.63, 3.8) is 0 Å². The maximum absolute atomic E-state index is 13.3. The minimum absolute atomic E-state index is 0.131. The third kappa shape index (κ3) is 6.54. The van der Waals surface area contributed by atoms with Crippen molar-refractivity contribution in [1.82, 2.24) is 5.32 Å². The third-order valence-electron chi connectivity index (χ3n) is 5.67. The highest BCUT2D eigenvalue weighted by molar-refractivity contribution is 7.99. The van der Waals surface area contributed by atoms with Gasteiger partial charge in [-0.3, -0.25) is 10.1 Å². The van der Waals surface area contributed by atoms with Gasteiger partial charge in [-0.2, -0.15) is 11.8 Å². The zero-order valence-electron chi connectivity index (χ0n) is 20.6. The number of ether oxygens (including phenoxy) is 2. The number of non-ortho nitro benzene ring substituents is 1. The SMILES string of the molecule is CCOC(=O)C1=C(C)NC(CSCCc2ccccc2)=C(C(=O)OCC)C1c1cccc([N+](=O)[O-])c1. The zero-order valence-corrected chi connectivity index (χ0v) is 21.4. The van der Waals surface area contributed by atoms with Gasteiger partial charge in [0, 0.05) is 29.3 Å². The predicted molar refractivity (Wildman–Crippen MR) is 139 cm³/mol. The first-order chi connectivity index (χ1) is 17.4. The van der Waals surface area contributed by atoms with Gasteiger partial charge in [-0.15, -0.1) is 0 Å². The fourth-order valence-corrected chi connectivity index (χ4v) is 5.06. The number of hydrogen-bond acceptors (Lipinski definition) is 8. The van der Waals surface area contributed by atoms with Gasteiger partial charge in [0.25, 0.3) is 5.69 Å². The number of dihydropyridines is 1. The number of thioether (sulfide) groups is 1. The van der Waals surface area contributed by atoms with Crippen molar-refractivity contribution in [1.29, 1.82) is 0 Å². The lowest BCUT2D eigenvalue weighted by Crippen LogP contribution is -2.34. The Morgan fingerprint density at radius 3 is 2.31 bits per heavy atom. The Labute approximate surface area is 214 Å². The Balaban J connectivity index is 2.02. The number of hydrogen-bond donors (Lipinski definition) is 1. The number of nitro groups is 1. The Morgan fingerprint density at radius 1 is 1.00 bits per heavy atom. The molecule has 1 aliphatic heterocycles. The number of carbonyl (C=O) groups excluding carboxylic acids is 2. The van der Waals surface area contributed by atoms with E-state index in [4.69, 9.17) is 9.47 Å². The molecule has 0 saturated heterocycles. The van der Waals surface area contributed by atoms with Crippen LogP contribution in [0, 0.1) is 10.1 Å². The number of nitro benzene ring substituents is 1. The average Bonchev–Trinajstić information content (AvgIpc) is 2.87. The number of esters is 2. The predicted octanol–water partition coefficient (Wildman–Crippen LogP) is 4.91. The number of allylic oxidation sites excluding steroid dienone is 1. The van der Waals surface area contributed by atoms with Crippen LogP contribution in [0.1, 0.15) is 37.8 Å². The number of carbonyl (C=O) groups is 2. The molecular formula is C27H30N2O6S. The molecule has 190 valence electrons. The molecule has 1 atom stereocenters. The molecule has 1 aliphatic rings. The van der Waals surface area contributed by atoms with E-state index in [9.17, 15) is 19.7 Å². The Hall–Kier alpha value is -3.59. The molecule has 2 aromatic rings. The molecule has 0 fully saturated rings. The summed E-state index contributed by atoms with van der Waals surface area (Å²) in [5.41, 5.74) is 3.19. The Morgan fingerprint density at radius 2 is 1.67 bits per heavy atom. The second kappa shape index (κ2) is 12.9. The second-order valence-corrected chi connectivity index (χ2v) is 9.18. The smallest absolute Gasteiger partial charge is 0.336 e. The van der Waals surface area contributed by atoms with E-state index in [2.05, 4.69) is 17.4 Å². The van der Waals surface area contributed by atoms with Gasteiger partial charge in [0.2, 0.25) is 0 Å². The number of aryl methyl sites for hydroxylation is 1. The minimum Gasteiger partial charge on any atom is -0.463 e. The number of nitrogens with zero attached hydrogens (tertiary/aromatic N) is 1. The lowest BCUT2D eigenvalue weighted by atomic mass is 9.80. The molecule has 1 N–H and O–H groups in total. The lowest BCUT2D eigenvalue weighted by Gasteiger charge is -2.31. The van der Waals surface area contributed by atoms with Crippen LogP contribution >= 0.6 is 11.8 Å². The summed E-state index contributed by atoms with van der Waals surface area (Å²) in [4.78, 5) is 37.3. The summed E-state index contributed by atoms with van der Waals surface area (Å²) < 4.78 is 10.7. The van der Waals surface area contributed by atoms with E-state index in [-0.39, 0.29) is 30.0 Å². The van der Waals surface area contributed by atoms with Gasteiger partial charge in [-0.1, -0.05) is 42.5 Å². The monoisotopic (exact) mass is 510 g/mol. The number of rotatable bonds is 11. The first-order valence-electron chi connectivity index (χ1n) is 11.8. The van der Waals surface area contributed by atoms with Crippen LogP contribution in [0.5, 0.6) is 0 Å². The van der Waals surface area contributed by atoms with Gasteiger partial charge in [-0.05, 0) is 44.1 Å². The molecule has 0 radical (unpaired) electrons. The molecule has 0 aliphatic carbocycles. The normalized spacial score (nSPS) is 15.4. The maximum atomic E-state index is 13.3. The minimum atomic E-state index is -0.867. The second-order valence-electron chi connectivity index (χ2n) is 8.07. The van der Waals surface area contributed by atoms with Crippen LogP contribution in [-0.2, 0) is 25.5 Å². The van der Waals surface area contributed by atoms with E-state index in [1.807, 2.05) is 18.2 Å². The molecule has 0 saturated carbocycles. The molecule has 2 aromatic carbocycles. The fourth-order valence-electron chi connectivity index (χ4n) is 4.10. The highest BCUT2D eigenvalue weighted by Gasteiger charge is 2.39. The summed E-state index contributed by atoms with van der Waals surface area (Å²) in [6, 6.07) is 16.1. The van der Waals surface area contributed by atoms with E-state index in [1.165, 1.54) is 17.7 Å². The summed E-state index contributed by atoms with van der Waals surface area (Å²) in [5.74, 6) is -0.736. The van der Waals surface area contributed by atoms with Crippen molar-refractivity contribution in [2.75, 3.05) is 24.7 Å². The van der Waals surface area contributed by atoms with Crippen LogP contribution in [0.3, 0.4) is 0 Å². The molecule has 3 rings (SSSR count). The lowest BCUT2D eigenvalue weighted by molar-refractivity contribution is -0.384. The molecule has 1 heterocycles. The highest BCUT2D eigenvalue weighted by atomic mass is 32.2. The topological polar surface area (TPSA) is 108 Å². The highest BCUT2D eigenvalue weighted by Crippen LogP contribution is 2.41. The van der Waals surface area contributed by atoms with Crippen molar-refractivity contribution < 1.29 is 24.0 Å². The van der Waals surface area contributed by atoms with Crippen molar-refractivity contribution in [3.8, 4) is 0 Å².